The van der Waals surface area contributed by atoms with E-state index in [1.807, 2.05) is 0 Å². The summed E-state index contributed by atoms with van der Waals surface area (Å²) in [4.78, 5) is 24.3. The number of aliphatic hydroxyl groups is 2. The van der Waals surface area contributed by atoms with Crippen LogP contribution in [-0.4, -0.2) is 47.4 Å². The molecule has 0 aliphatic rings. The molecule has 0 saturated heterocycles. The second kappa shape index (κ2) is 46.0. The molecule has 0 aromatic heterocycles. The molecule has 0 aliphatic heterocycles. The highest BCUT2D eigenvalue weighted by Gasteiger charge is 2.20. The first-order valence-corrected chi connectivity index (χ1v) is 24.6. The first-order chi connectivity index (χ1) is 27.5. The Labute approximate surface area is 348 Å². The van der Waals surface area contributed by atoms with Crippen molar-refractivity contribution in [1.29, 1.82) is 0 Å². The van der Waals surface area contributed by atoms with Crippen LogP contribution in [0.5, 0.6) is 0 Å². The van der Waals surface area contributed by atoms with Crippen molar-refractivity contribution in [2.45, 2.75) is 270 Å². The number of ether oxygens (including phenoxy) is 1. The topological polar surface area (TPSA) is 95.9 Å². The lowest BCUT2D eigenvalue weighted by Crippen LogP contribution is -2.45. The van der Waals surface area contributed by atoms with Gasteiger partial charge in [-0.05, 0) is 77.0 Å². The highest BCUT2D eigenvalue weighted by molar-refractivity contribution is 5.76. The molecule has 0 aliphatic carbocycles. The average molecular weight is 790 g/mol. The van der Waals surface area contributed by atoms with E-state index in [4.69, 9.17) is 4.74 Å². The Morgan fingerprint density at radius 2 is 0.839 bits per heavy atom. The molecule has 6 nitrogen and oxygen atoms in total. The minimum absolute atomic E-state index is 0.00785. The van der Waals surface area contributed by atoms with Crippen molar-refractivity contribution < 1.29 is 24.5 Å². The van der Waals surface area contributed by atoms with Gasteiger partial charge in [0.2, 0.25) is 5.91 Å². The maximum Gasteiger partial charge on any atom is 0.305 e. The normalized spacial score (nSPS) is 12.9. The fraction of sp³-hybridized carbons (Fsp3) is 0.880. The van der Waals surface area contributed by atoms with Gasteiger partial charge in [-0.3, -0.25) is 9.59 Å². The summed E-state index contributed by atoms with van der Waals surface area (Å²) >= 11 is 0. The molecule has 0 fully saturated rings. The molecule has 3 N–H and O–H groups in total. The van der Waals surface area contributed by atoms with Crippen LogP contribution < -0.4 is 5.32 Å². The summed E-state index contributed by atoms with van der Waals surface area (Å²) < 4.78 is 5.44. The molecule has 2 atom stereocenters. The lowest BCUT2D eigenvalue weighted by Gasteiger charge is -2.22. The van der Waals surface area contributed by atoms with Gasteiger partial charge in [0.25, 0.3) is 0 Å². The zero-order valence-electron chi connectivity index (χ0n) is 37.4. The van der Waals surface area contributed by atoms with Crippen LogP contribution in [-0.2, 0) is 14.3 Å². The van der Waals surface area contributed by atoms with Gasteiger partial charge in [0.15, 0.2) is 0 Å². The van der Waals surface area contributed by atoms with Gasteiger partial charge in [0.1, 0.15) is 0 Å². The number of hydrogen-bond donors (Lipinski definition) is 3. The number of rotatable bonds is 45. The van der Waals surface area contributed by atoms with Crippen molar-refractivity contribution in [2.75, 3.05) is 13.2 Å². The van der Waals surface area contributed by atoms with E-state index >= 15 is 0 Å². The van der Waals surface area contributed by atoms with Crippen LogP contribution in [0.1, 0.15) is 258 Å². The van der Waals surface area contributed by atoms with Crippen molar-refractivity contribution in [3.8, 4) is 0 Å². The minimum atomic E-state index is -0.670. The SMILES string of the molecule is CCCCC/C=C\CCCCCCCC(=O)OCCCCCCCCCCC/C=C\CCCCCCCC(=O)NC(CO)C(O)CCCCCCCCCCC. The van der Waals surface area contributed by atoms with Crippen LogP contribution in [0.15, 0.2) is 24.3 Å². The molecule has 2 unspecified atom stereocenters. The van der Waals surface area contributed by atoms with Crippen LogP contribution in [0.3, 0.4) is 0 Å². The molecule has 0 aromatic carbocycles. The van der Waals surface area contributed by atoms with Crippen LogP contribution in [0.4, 0.5) is 0 Å². The second-order valence-electron chi connectivity index (χ2n) is 16.8. The average Bonchev–Trinajstić information content (AvgIpc) is 3.20. The maximum absolute atomic E-state index is 12.4. The molecule has 0 spiro atoms. The van der Waals surface area contributed by atoms with Crippen molar-refractivity contribution in [2.24, 2.45) is 0 Å². The van der Waals surface area contributed by atoms with Gasteiger partial charge in [-0.25, -0.2) is 0 Å². The fourth-order valence-electron chi connectivity index (χ4n) is 7.39. The van der Waals surface area contributed by atoms with Crippen molar-refractivity contribution in [3.63, 3.8) is 0 Å². The van der Waals surface area contributed by atoms with Crippen LogP contribution in [0, 0.1) is 0 Å². The van der Waals surface area contributed by atoms with E-state index in [2.05, 4.69) is 43.5 Å². The van der Waals surface area contributed by atoms with Gasteiger partial charge < -0.3 is 20.3 Å². The van der Waals surface area contributed by atoms with Crippen LogP contribution in [0.2, 0.25) is 0 Å². The van der Waals surface area contributed by atoms with E-state index in [0.29, 0.717) is 25.9 Å². The van der Waals surface area contributed by atoms with Crippen molar-refractivity contribution >= 4 is 11.9 Å². The largest absolute Gasteiger partial charge is 0.466 e. The van der Waals surface area contributed by atoms with E-state index in [9.17, 15) is 19.8 Å². The Morgan fingerprint density at radius 3 is 1.30 bits per heavy atom. The van der Waals surface area contributed by atoms with Crippen molar-refractivity contribution in [1.82, 2.24) is 5.32 Å². The summed E-state index contributed by atoms with van der Waals surface area (Å²) in [6, 6.07) is -0.549. The summed E-state index contributed by atoms with van der Waals surface area (Å²) in [7, 11) is 0. The molecule has 0 aromatic rings. The summed E-state index contributed by atoms with van der Waals surface area (Å²) in [5.74, 6) is -0.0605. The number of carbonyl (C=O) groups excluding carboxylic acids is 2. The van der Waals surface area contributed by atoms with E-state index in [1.165, 1.54) is 167 Å². The number of esters is 1. The Kier molecular flexibility index (Phi) is 44.7. The summed E-state index contributed by atoms with van der Waals surface area (Å²) in [6.45, 7) is 4.88. The quantitative estimate of drug-likeness (QED) is 0.0324. The van der Waals surface area contributed by atoms with Gasteiger partial charge in [-0.2, -0.15) is 0 Å². The molecule has 0 heterocycles. The van der Waals surface area contributed by atoms with Crippen molar-refractivity contribution in [3.05, 3.63) is 24.3 Å². The molecular weight excluding hydrogens is 695 g/mol. The predicted octanol–water partition coefficient (Wildman–Crippen LogP) is 14.3. The van der Waals surface area contributed by atoms with Gasteiger partial charge in [0, 0.05) is 12.8 Å². The highest BCUT2D eigenvalue weighted by Crippen LogP contribution is 2.15. The number of amides is 1. The molecule has 6 heteroatoms. The molecule has 0 saturated carbocycles. The molecule has 56 heavy (non-hydrogen) atoms. The first-order valence-electron chi connectivity index (χ1n) is 24.6. The van der Waals surface area contributed by atoms with E-state index < -0.39 is 12.1 Å². The monoisotopic (exact) mass is 790 g/mol. The maximum atomic E-state index is 12.4. The standard InChI is InChI=1S/C50H95NO5/c1-3-5-7-9-11-13-14-24-28-32-36-40-44-50(55)56-45-41-37-33-29-25-22-20-18-16-15-17-19-21-23-27-31-35-39-43-49(54)51-47(46-52)48(53)42-38-34-30-26-12-10-8-6-4-2/h11,13,17,19,47-48,52-53H,3-10,12,14-16,18,20-46H2,1-2H3,(H,51,54)/b13-11-,19-17-. The zero-order chi connectivity index (χ0) is 40.8. The number of aliphatic hydroxyl groups excluding tert-OH is 2. The first kappa shape index (κ1) is 54.3. The molecule has 1 amide bonds. The smallest absolute Gasteiger partial charge is 0.305 e. The Bertz CT molecular complexity index is 874. The van der Waals surface area contributed by atoms with Gasteiger partial charge in [-0.1, -0.05) is 192 Å². The second-order valence-corrected chi connectivity index (χ2v) is 16.8. The van der Waals surface area contributed by atoms with Gasteiger partial charge in [0.05, 0.1) is 25.4 Å². The van der Waals surface area contributed by atoms with E-state index in [1.54, 1.807) is 0 Å². The summed E-state index contributed by atoms with van der Waals surface area (Å²) in [5, 5.41) is 23.0. The molecule has 0 rings (SSSR count). The number of unbranched alkanes of at least 4 members (excludes halogenated alkanes) is 30. The summed E-state index contributed by atoms with van der Waals surface area (Å²) in [6.07, 6.45) is 52.9. The Hall–Kier alpha value is -1.66. The number of nitrogens with one attached hydrogen (secondary N) is 1. The third-order valence-corrected chi connectivity index (χ3v) is 11.2. The van der Waals surface area contributed by atoms with Crippen LogP contribution >= 0.6 is 0 Å². The number of allylic oxidation sites excluding steroid dienone is 4. The van der Waals surface area contributed by atoms with Crippen LogP contribution in [0.25, 0.3) is 0 Å². The lowest BCUT2D eigenvalue weighted by atomic mass is 10.0. The predicted molar refractivity (Wildman–Crippen MR) is 241 cm³/mol. The number of hydrogen-bond acceptors (Lipinski definition) is 5. The minimum Gasteiger partial charge on any atom is -0.466 e. The Balaban J connectivity index is 3.44. The molecule has 0 bridgehead atoms. The van der Waals surface area contributed by atoms with Gasteiger partial charge in [-0.15, -0.1) is 0 Å². The molecular formula is C50H95NO5. The lowest BCUT2D eigenvalue weighted by molar-refractivity contribution is -0.143. The highest BCUT2D eigenvalue weighted by atomic mass is 16.5. The third-order valence-electron chi connectivity index (χ3n) is 11.2. The fourth-order valence-corrected chi connectivity index (χ4v) is 7.39. The zero-order valence-corrected chi connectivity index (χ0v) is 37.4. The van der Waals surface area contributed by atoms with E-state index in [0.717, 1.165) is 57.8 Å². The third kappa shape index (κ3) is 42.0. The Morgan fingerprint density at radius 1 is 0.482 bits per heavy atom. The molecule has 0 radical (unpaired) electrons. The number of carbonyl (C=O) groups is 2. The molecule has 330 valence electrons. The summed E-state index contributed by atoms with van der Waals surface area (Å²) in [5.41, 5.74) is 0. The van der Waals surface area contributed by atoms with Gasteiger partial charge >= 0.3 is 5.97 Å². The van der Waals surface area contributed by atoms with E-state index in [-0.39, 0.29) is 18.5 Å².